The Balaban J connectivity index is 2.54. The second kappa shape index (κ2) is 7.78. The molecule has 0 radical (unpaired) electrons. The Kier molecular flexibility index (Phi) is 6.63. The number of halogens is 4. The molecule has 6 heteroatoms. The predicted molar refractivity (Wildman–Crippen MR) is 113 cm³/mol. The fourth-order valence-electron chi connectivity index (χ4n) is 2.55. The highest BCUT2D eigenvalue weighted by Gasteiger charge is 2.26. The van der Waals surface area contributed by atoms with Crippen LogP contribution in [-0.2, 0) is 11.8 Å². The van der Waals surface area contributed by atoms with Gasteiger partial charge in [0.25, 0.3) is 0 Å². The van der Waals surface area contributed by atoms with Gasteiger partial charge in [-0.2, -0.15) is 0 Å². The van der Waals surface area contributed by atoms with Gasteiger partial charge in [-0.1, -0.05) is 45.7 Å². The van der Waals surface area contributed by atoms with Gasteiger partial charge in [-0.15, -0.1) is 0 Å². The highest BCUT2D eigenvalue weighted by molar-refractivity contribution is 9.11. The van der Waals surface area contributed by atoms with Crippen molar-refractivity contribution in [3.8, 4) is 5.75 Å². The monoisotopic (exact) mass is 582 g/mol. The SMILES string of the molecule is CC(O)Cc1c(Br)cc(C(C)(C)c2cc(Br)c(O)c(Br)c2)cc1Br. The summed E-state index contributed by atoms with van der Waals surface area (Å²) >= 11 is 14.1. The Hall–Kier alpha value is 0.120. The Morgan fingerprint density at radius 1 is 0.875 bits per heavy atom. The molecule has 0 fully saturated rings. The predicted octanol–water partition coefficient (Wildman–Crippen LogP) is 6.69. The van der Waals surface area contributed by atoms with Crippen LogP contribution in [0.25, 0.3) is 0 Å². The number of hydrogen-bond acceptors (Lipinski definition) is 2. The summed E-state index contributed by atoms with van der Waals surface area (Å²) in [6.07, 6.45) is 0.179. The van der Waals surface area contributed by atoms with E-state index in [0.717, 1.165) is 25.6 Å². The van der Waals surface area contributed by atoms with Crippen molar-refractivity contribution in [2.45, 2.75) is 38.7 Å². The third kappa shape index (κ3) is 4.26. The summed E-state index contributed by atoms with van der Waals surface area (Å²) in [5.41, 5.74) is 2.98. The fourth-order valence-corrected chi connectivity index (χ4v) is 5.24. The van der Waals surface area contributed by atoms with Gasteiger partial charge in [0.2, 0.25) is 0 Å². The molecule has 0 saturated carbocycles. The van der Waals surface area contributed by atoms with Crippen LogP contribution in [0.15, 0.2) is 42.2 Å². The molecule has 130 valence electrons. The first-order chi connectivity index (χ1) is 11.0. The lowest BCUT2D eigenvalue weighted by molar-refractivity contribution is 0.195. The average Bonchev–Trinajstić information content (AvgIpc) is 2.47. The van der Waals surface area contributed by atoms with E-state index < -0.39 is 6.10 Å². The Bertz CT molecular complexity index is 724. The summed E-state index contributed by atoms with van der Waals surface area (Å²) < 4.78 is 3.25. The van der Waals surface area contributed by atoms with E-state index in [9.17, 15) is 10.2 Å². The number of rotatable bonds is 4. The third-order valence-electron chi connectivity index (χ3n) is 4.10. The van der Waals surface area contributed by atoms with Gasteiger partial charge in [-0.05, 0) is 79.7 Å². The molecule has 0 spiro atoms. The third-order valence-corrected chi connectivity index (χ3v) is 6.72. The molecule has 2 nitrogen and oxygen atoms in total. The van der Waals surface area contributed by atoms with Crippen LogP contribution in [0, 0.1) is 0 Å². The van der Waals surface area contributed by atoms with Gasteiger partial charge in [0.1, 0.15) is 5.75 Å². The minimum absolute atomic E-state index is 0.198. The van der Waals surface area contributed by atoms with E-state index in [1.165, 1.54) is 0 Å². The maximum absolute atomic E-state index is 9.94. The van der Waals surface area contributed by atoms with Crippen LogP contribution in [0.3, 0.4) is 0 Å². The Morgan fingerprint density at radius 3 is 1.62 bits per heavy atom. The normalized spacial score (nSPS) is 13.2. The Labute approximate surface area is 176 Å². The molecule has 2 aromatic rings. The molecule has 0 amide bonds. The summed E-state index contributed by atoms with van der Waals surface area (Å²) in [4.78, 5) is 0. The molecule has 0 bridgehead atoms. The zero-order valence-corrected chi connectivity index (χ0v) is 19.8. The van der Waals surface area contributed by atoms with Gasteiger partial charge >= 0.3 is 0 Å². The highest BCUT2D eigenvalue weighted by atomic mass is 79.9. The van der Waals surface area contributed by atoms with E-state index in [0.29, 0.717) is 15.4 Å². The van der Waals surface area contributed by atoms with Crippen LogP contribution >= 0.6 is 63.7 Å². The fraction of sp³-hybridized carbons (Fsp3) is 0.333. The summed E-state index contributed by atoms with van der Waals surface area (Å²) in [6, 6.07) is 8.06. The summed E-state index contributed by atoms with van der Waals surface area (Å²) in [5, 5.41) is 19.6. The summed E-state index contributed by atoms with van der Waals surface area (Å²) in [5.74, 6) is 0.198. The molecule has 0 aliphatic carbocycles. The zero-order valence-electron chi connectivity index (χ0n) is 13.5. The van der Waals surface area contributed by atoms with Crippen molar-refractivity contribution < 1.29 is 10.2 Å². The number of phenolic OH excluding ortho intramolecular Hbond substituents is 1. The van der Waals surface area contributed by atoms with Gasteiger partial charge in [0.05, 0.1) is 15.0 Å². The van der Waals surface area contributed by atoms with Crippen molar-refractivity contribution in [3.05, 3.63) is 58.8 Å². The first kappa shape index (κ1) is 20.4. The maximum atomic E-state index is 9.94. The standard InChI is InChI=1S/C18H18Br4O2/c1-9(23)4-12-13(19)5-10(6-14(12)20)18(2,3)11-7-15(21)17(24)16(22)8-11/h5-9,23-24H,4H2,1-3H3. The van der Waals surface area contributed by atoms with E-state index >= 15 is 0 Å². The second-order valence-electron chi connectivity index (χ2n) is 6.39. The lowest BCUT2D eigenvalue weighted by atomic mass is 9.78. The van der Waals surface area contributed by atoms with E-state index in [1.54, 1.807) is 6.92 Å². The van der Waals surface area contributed by atoms with Gasteiger partial charge in [0, 0.05) is 20.8 Å². The summed E-state index contributed by atoms with van der Waals surface area (Å²) in [7, 11) is 0. The van der Waals surface area contributed by atoms with E-state index in [4.69, 9.17) is 0 Å². The van der Waals surface area contributed by atoms with Crippen molar-refractivity contribution in [3.63, 3.8) is 0 Å². The van der Waals surface area contributed by atoms with E-state index in [-0.39, 0.29) is 11.2 Å². The summed E-state index contributed by atoms with van der Waals surface area (Å²) in [6.45, 7) is 6.06. The molecular weight excluding hydrogens is 568 g/mol. The van der Waals surface area contributed by atoms with Crippen LogP contribution in [0.2, 0.25) is 0 Å². The van der Waals surface area contributed by atoms with Crippen molar-refractivity contribution >= 4 is 63.7 Å². The average molecular weight is 586 g/mol. The molecule has 0 saturated heterocycles. The minimum Gasteiger partial charge on any atom is -0.506 e. The molecule has 0 heterocycles. The molecule has 0 aromatic heterocycles. The highest BCUT2D eigenvalue weighted by Crippen LogP contribution is 2.42. The lowest BCUT2D eigenvalue weighted by Crippen LogP contribution is -2.19. The molecule has 24 heavy (non-hydrogen) atoms. The first-order valence-electron chi connectivity index (χ1n) is 7.39. The molecule has 0 aliphatic heterocycles. The number of aliphatic hydroxyl groups excluding tert-OH is 1. The zero-order chi connectivity index (χ0) is 18.2. The minimum atomic E-state index is -0.402. The van der Waals surface area contributed by atoms with E-state index in [2.05, 4.69) is 89.7 Å². The molecule has 1 atom stereocenters. The second-order valence-corrected chi connectivity index (χ2v) is 9.80. The van der Waals surface area contributed by atoms with Crippen molar-refractivity contribution in [2.24, 2.45) is 0 Å². The number of benzene rings is 2. The molecule has 2 aromatic carbocycles. The van der Waals surface area contributed by atoms with Gasteiger partial charge in [-0.25, -0.2) is 0 Å². The largest absolute Gasteiger partial charge is 0.506 e. The smallest absolute Gasteiger partial charge is 0.143 e. The molecule has 2 N–H and O–H groups in total. The van der Waals surface area contributed by atoms with Crippen LogP contribution in [0.5, 0.6) is 5.75 Å². The van der Waals surface area contributed by atoms with Gasteiger partial charge in [-0.3, -0.25) is 0 Å². The van der Waals surface area contributed by atoms with Crippen LogP contribution in [0.4, 0.5) is 0 Å². The van der Waals surface area contributed by atoms with Crippen molar-refractivity contribution in [2.75, 3.05) is 0 Å². The molecule has 0 aliphatic rings. The molecule has 1 unspecified atom stereocenters. The van der Waals surface area contributed by atoms with Crippen molar-refractivity contribution in [1.29, 1.82) is 0 Å². The molecular formula is C18H18Br4O2. The maximum Gasteiger partial charge on any atom is 0.143 e. The lowest BCUT2D eigenvalue weighted by Gasteiger charge is -2.28. The van der Waals surface area contributed by atoms with Crippen LogP contribution in [-0.4, -0.2) is 16.3 Å². The topological polar surface area (TPSA) is 40.5 Å². The van der Waals surface area contributed by atoms with Crippen LogP contribution < -0.4 is 0 Å². The number of hydrogen-bond donors (Lipinski definition) is 2. The van der Waals surface area contributed by atoms with Gasteiger partial charge < -0.3 is 10.2 Å². The van der Waals surface area contributed by atoms with Crippen molar-refractivity contribution in [1.82, 2.24) is 0 Å². The van der Waals surface area contributed by atoms with Gasteiger partial charge in [0.15, 0.2) is 0 Å². The van der Waals surface area contributed by atoms with E-state index in [1.807, 2.05) is 12.1 Å². The first-order valence-corrected chi connectivity index (χ1v) is 10.6. The number of aliphatic hydroxyl groups is 1. The Morgan fingerprint density at radius 2 is 1.25 bits per heavy atom. The molecule has 2 rings (SSSR count). The number of aromatic hydroxyl groups is 1. The quantitative estimate of drug-likeness (QED) is 0.420. The van der Waals surface area contributed by atoms with Crippen LogP contribution in [0.1, 0.15) is 37.5 Å². The number of phenols is 1.